The zero-order valence-corrected chi connectivity index (χ0v) is 12.8. The summed E-state index contributed by atoms with van der Waals surface area (Å²) >= 11 is 5.94. The second-order valence-corrected chi connectivity index (χ2v) is 7.28. The van der Waals surface area contributed by atoms with Gasteiger partial charge >= 0.3 is 0 Å². The predicted molar refractivity (Wildman–Crippen MR) is 76.2 cm³/mol. The third-order valence-corrected chi connectivity index (χ3v) is 5.56. The molecule has 0 amide bonds. The van der Waals surface area contributed by atoms with E-state index in [2.05, 4.69) is 0 Å². The Bertz CT molecular complexity index is 570. The predicted octanol–water partition coefficient (Wildman–Crippen LogP) is 1.63. The maximum atomic E-state index is 12.4. The number of rotatable bonds is 5. The third-order valence-electron chi connectivity index (χ3n) is 3.39. The van der Waals surface area contributed by atoms with Crippen LogP contribution in [0.2, 0.25) is 5.02 Å². The highest BCUT2D eigenvalue weighted by Crippen LogP contribution is 2.24. The van der Waals surface area contributed by atoms with Crippen molar-refractivity contribution in [2.45, 2.75) is 30.4 Å². The average Bonchev–Trinajstić information content (AvgIpc) is 2.91. The molecule has 1 aromatic carbocycles. The Hall–Kier alpha value is -0.660. The highest BCUT2D eigenvalue weighted by atomic mass is 35.5. The lowest BCUT2D eigenvalue weighted by atomic mass is 10.2. The van der Waals surface area contributed by atoms with Crippen LogP contribution in [0.15, 0.2) is 23.1 Å². The molecule has 5 nitrogen and oxygen atoms in total. The van der Waals surface area contributed by atoms with Gasteiger partial charge < -0.3 is 9.84 Å². The van der Waals surface area contributed by atoms with Crippen molar-refractivity contribution in [1.82, 2.24) is 4.31 Å². The first-order chi connectivity index (χ1) is 9.45. The van der Waals surface area contributed by atoms with E-state index in [0.717, 1.165) is 12.8 Å². The maximum absolute atomic E-state index is 12.4. The monoisotopic (exact) mass is 319 g/mol. The van der Waals surface area contributed by atoms with E-state index >= 15 is 0 Å². The summed E-state index contributed by atoms with van der Waals surface area (Å²) < 4.78 is 31.6. The van der Waals surface area contributed by atoms with Crippen molar-refractivity contribution < 1.29 is 18.3 Å². The summed E-state index contributed by atoms with van der Waals surface area (Å²) in [5, 5.41) is 9.30. The van der Waals surface area contributed by atoms with Gasteiger partial charge in [-0.2, -0.15) is 4.31 Å². The van der Waals surface area contributed by atoms with Gasteiger partial charge in [0.1, 0.15) is 0 Å². The Kier molecular flexibility index (Phi) is 5.04. The van der Waals surface area contributed by atoms with E-state index in [1.165, 1.54) is 29.6 Å². The molecular weight excluding hydrogens is 302 g/mol. The standard InChI is InChI=1S/C13H18ClNO4S/c1-15(8-11-3-2-6-19-11)20(17,18)12-5-4-10(9-16)13(14)7-12/h4-5,7,11,16H,2-3,6,8-9H2,1H3. The number of aliphatic hydroxyl groups is 1. The van der Waals surface area contributed by atoms with Crippen LogP contribution in [-0.2, 0) is 21.4 Å². The highest BCUT2D eigenvalue weighted by molar-refractivity contribution is 7.89. The van der Waals surface area contributed by atoms with Crippen molar-refractivity contribution in [2.75, 3.05) is 20.2 Å². The Morgan fingerprint density at radius 2 is 2.25 bits per heavy atom. The van der Waals surface area contributed by atoms with E-state index in [9.17, 15) is 8.42 Å². The van der Waals surface area contributed by atoms with Crippen molar-refractivity contribution in [3.8, 4) is 0 Å². The molecule has 112 valence electrons. The van der Waals surface area contributed by atoms with Crippen LogP contribution >= 0.6 is 11.6 Å². The molecule has 0 saturated carbocycles. The Morgan fingerprint density at radius 3 is 2.80 bits per heavy atom. The smallest absolute Gasteiger partial charge is 0.242 e. The number of sulfonamides is 1. The first-order valence-corrected chi connectivity index (χ1v) is 8.24. The summed E-state index contributed by atoms with van der Waals surface area (Å²) in [6.07, 6.45) is 1.81. The van der Waals surface area contributed by atoms with Crippen molar-refractivity contribution in [2.24, 2.45) is 0 Å². The summed E-state index contributed by atoms with van der Waals surface area (Å²) in [6.45, 7) is 0.808. The van der Waals surface area contributed by atoms with Gasteiger partial charge in [0, 0.05) is 25.2 Å². The topological polar surface area (TPSA) is 66.8 Å². The van der Waals surface area contributed by atoms with E-state index in [1.54, 1.807) is 0 Å². The van der Waals surface area contributed by atoms with Gasteiger partial charge in [0.15, 0.2) is 0 Å². The van der Waals surface area contributed by atoms with E-state index in [1.807, 2.05) is 0 Å². The molecule has 2 rings (SSSR count). The molecule has 1 heterocycles. The quantitative estimate of drug-likeness (QED) is 0.896. The van der Waals surface area contributed by atoms with Crippen LogP contribution in [0.1, 0.15) is 18.4 Å². The van der Waals surface area contributed by atoms with Crippen LogP contribution in [0.25, 0.3) is 0 Å². The lowest BCUT2D eigenvalue weighted by Crippen LogP contribution is -2.34. The van der Waals surface area contributed by atoms with E-state index in [-0.39, 0.29) is 22.6 Å². The van der Waals surface area contributed by atoms with Gasteiger partial charge in [0.05, 0.1) is 17.6 Å². The molecule has 0 spiro atoms. The molecular formula is C13H18ClNO4S. The summed E-state index contributed by atoms with van der Waals surface area (Å²) in [7, 11) is -2.05. The van der Waals surface area contributed by atoms with Crippen molar-refractivity contribution in [3.63, 3.8) is 0 Å². The highest BCUT2D eigenvalue weighted by Gasteiger charge is 2.26. The van der Waals surface area contributed by atoms with Gasteiger partial charge in [-0.15, -0.1) is 0 Å². The summed E-state index contributed by atoms with van der Waals surface area (Å²) in [5.74, 6) is 0. The van der Waals surface area contributed by atoms with Crippen molar-refractivity contribution in [1.29, 1.82) is 0 Å². The van der Waals surface area contributed by atoms with Crippen LogP contribution in [0.3, 0.4) is 0 Å². The molecule has 0 radical (unpaired) electrons. The number of benzene rings is 1. The molecule has 1 fully saturated rings. The number of halogens is 1. The van der Waals surface area contributed by atoms with Crippen LogP contribution in [0.4, 0.5) is 0 Å². The largest absolute Gasteiger partial charge is 0.392 e. The number of likely N-dealkylation sites (N-methyl/N-ethyl adjacent to an activating group) is 1. The minimum absolute atomic E-state index is 0.0399. The van der Waals surface area contributed by atoms with E-state index < -0.39 is 10.0 Å². The molecule has 0 bridgehead atoms. The van der Waals surface area contributed by atoms with Gasteiger partial charge in [0.2, 0.25) is 10.0 Å². The van der Waals surface area contributed by atoms with Gasteiger partial charge in [0.25, 0.3) is 0 Å². The average molecular weight is 320 g/mol. The van der Waals surface area contributed by atoms with Crippen molar-refractivity contribution >= 4 is 21.6 Å². The second kappa shape index (κ2) is 6.41. The summed E-state index contributed by atoms with van der Waals surface area (Å²) in [6, 6.07) is 4.35. The molecule has 1 N–H and O–H groups in total. The number of hydrogen-bond acceptors (Lipinski definition) is 4. The van der Waals surface area contributed by atoms with Gasteiger partial charge in [-0.05, 0) is 30.5 Å². The number of ether oxygens (including phenoxy) is 1. The normalized spacial score (nSPS) is 19.7. The van der Waals surface area contributed by atoms with Crippen LogP contribution in [0.5, 0.6) is 0 Å². The fraction of sp³-hybridized carbons (Fsp3) is 0.538. The minimum atomic E-state index is -3.59. The lowest BCUT2D eigenvalue weighted by Gasteiger charge is -2.20. The molecule has 20 heavy (non-hydrogen) atoms. The summed E-state index contributed by atoms with van der Waals surface area (Å²) in [5.41, 5.74) is 0.507. The Balaban J connectivity index is 2.18. The van der Waals surface area contributed by atoms with E-state index in [4.69, 9.17) is 21.4 Å². The first-order valence-electron chi connectivity index (χ1n) is 6.42. The second-order valence-electron chi connectivity index (χ2n) is 4.83. The van der Waals surface area contributed by atoms with Crippen molar-refractivity contribution in [3.05, 3.63) is 28.8 Å². The maximum Gasteiger partial charge on any atom is 0.242 e. The molecule has 1 saturated heterocycles. The first kappa shape index (κ1) is 15.7. The zero-order chi connectivity index (χ0) is 14.8. The third kappa shape index (κ3) is 3.32. The zero-order valence-electron chi connectivity index (χ0n) is 11.3. The molecule has 7 heteroatoms. The summed E-state index contributed by atoms with van der Waals surface area (Å²) in [4.78, 5) is 0.125. The molecule has 1 unspecified atom stereocenters. The number of hydrogen-bond donors (Lipinski definition) is 1. The fourth-order valence-electron chi connectivity index (χ4n) is 2.17. The lowest BCUT2D eigenvalue weighted by molar-refractivity contribution is 0.0979. The van der Waals surface area contributed by atoms with Crippen LogP contribution < -0.4 is 0 Å². The van der Waals surface area contributed by atoms with Gasteiger partial charge in [-0.1, -0.05) is 17.7 Å². The van der Waals surface area contributed by atoms with Gasteiger partial charge in [-0.25, -0.2) is 8.42 Å². The number of aliphatic hydroxyl groups excluding tert-OH is 1. The Morgan fingerprint density at radius 1 is 1.50 bits per heavy atom. The molecule has 1 atom stereocenters. The molecule has 1 aromatic rings. The molecule has 0 aliphatic carbocycles. The van der Waals surface area contributed by atoms with Gasteiger partial charge in [-0.3, -0.25) is 0 Å². The van der Waals surface area contributed by atoms with Crippen LogP contribution in [0, 0.1) is 0 Å². The minimum Gasteiger partial charge on any atom is -0.392 e. The van der Waals surface area contributed by atoms with E-state index in [0.29, 0.717) is 18.7 Å². The molecule has 0 aromatic heterocycles. The Labute approximate surface area is 124 Å². The number of nitrogens with zero attached hydrogens (tertiary/aromatic N) is 1. The molecule has 1 aliphatic heterocycles. The SMILES string of the molecule is CN(CC1CCCO1)S(=O)(=O)c1ccc(CO)c(Cl)c1. The van der Waals surface area contributed by atoms with Crippen LogP contribution in [-0.4, -0.2) is 44.1 Å². The fourth-order valence-corrected chi connectivity index (χ4v) is 3.70. The molecule has 1 aliphatic rings.